The van der Waals surface area contributed by atoms with Crippen molar-refractivity contribution in [3.8, 4) is 17.2 Å². The molecule has 0 unspecified atom stereocenters. The van der Waals surface area contributed by atoms with E-state index in [4.69, 9.17) is 0 Å². The Morgan fingerprint density at radius 2 is 1.93 bits per heavy atom. The lowest BCUT2D eigenvalue weighted by molar-refractivity contribution is 0.102. The number of aromatic nitrogens is 5. The van der Waals surface area contributed by atoms with E-state index in [2.05, 4.69) is 40.9 Å². The molecule has 4 rings (SSSR count). The van der Waals surface area contributed by atoms with Gasteiger partial charge < -0.3 is 0 Å². The van der Waals surface area contributed by atoms with Gasteiger partial charge in [0, 0.05) is 27.6 Å². The van der Waals surface area contributed by atoms with Gasteiger partial charge in [0.2, 0.25) is 5.13 Å². The fraction of sp³-hybridized carbons (Fsp3) is 0.0556. The first kappa shape index (κ1) is 19.3. The zero-order chi connectivity index (χ0) is 20.5. The lowest BCUT2D eigenvalue weighted by atomic mass is 10.2. The number of amides is 1. The first-order valence-electron chi connectivity index (χ1n) is 8.21. The van der Waals surface area contributed by atoms with Crippen LogP contribution >= 0.6 is 27.5 Å². The van der Waals surface area contributed by atoms with Gasteiger partial charge in [0.1, 0.15) is 17.3 Å². The number of rotatable bonds is 4. The smallest absolute Gasteiger partial charge is 0.257 e. The lowest BCUT2D eigenvalue weighted by Gasteiger charge is -2.04. The minimum Gasteiger partial charge on any atom is -0.297 e. The Balaban J connectivity index is 1.59. The summed E-state index contributed by atoms with van der Waals surface area (Å²) in [6, 6.07) is 9.92. The van der Waals surface area contributed by atoms with Gasteiger partial charge >= 0.3 is 0 Å². The molecule has 0 fully saturated rings. The molecule has 2 aromatic carbocycles. The van der Waals surface area contributed by atoms with Crippen molar-refractivity contribution in [3.05, 3.63) is 69.8 Å². The van der Waals surface area contributed by atoms with E-state index < -0.39 is 11.6 Å². The summed E-state index contributed by atoms with van der Waals surface area (Å²) in [5, 5.41) is 10.8. The molecule has 1 amide bonds. The first-order chi connectivity index (χ1) is 13.9. The van der Waals surface area contributed by atoms with E-state index in [0.717, 1.165) is 34.2 Å². The number of carbonyl (C=O) groups is 1. The van der Waals surface area contributed by atoms with Gasteiger partial charge in [0.05, 0.1) is 5.69 Å². The average Bonchev–Trinajstić information content (AvgIpc) is 3.30. The third-order valence-corrected chi connectivity index (χ3v) is 5.15. The predicted molar refractivity (Wildman–Crippen MR) is 107 cm³/mol. The lowest BCUT2D eigenvalue weighted by Crippen LogP contribution is -2.11. The molecule has 29 heavy (non-hydrogen) atoms. The largest absolute Gasteiger partial charge is 0.297 e. The molecule has 11 heteroatoms. The van der Waals surface area contributed by atoms with Gasteiger partial charge in [-0.15, -0.1) is 5.10 Å². The third-order valence-electron chi connectivity index (χ3n) is 4.00. The fourth-order valence-corrected chi connectivity index (χ4v) is 3.38. The van der Waals surface area contributed by atoms with Crippen molar-refractivity contribution >= 4 is 38.5 Å². The summed E-state index contributed by atoms with van der Waals surface area (Å²) in [5.74, 6) is -1.34. The molecular formula is C18H11BrF2N6OS. The predicted octanol–water partition coefficient (Wildman–Crippen LogP) is 4.39. The Morgan fingerprint density at radius 3 is 2.69 bits per heavy atom. The second-order valence-corrected chi connectivity index (χ2v) is 7.58. The summed E-state index contributed by atoms with van der Waals surface area (Å²) in [5.41, 5.74) is 1.13. The standard InChI is InChI=1S/C18H11BrF2N6OS/c1-9-15(24-26-27(9)14-8-12(20)6-7-13(14)21)16-22-18(29-25-16)23-17(28)10-2-4-11(19)5-3-10/h2-8H,1H3,(H,22,23,25,28). The van der Waals surface area contributed by atoms with Gasteiger partial charge in [0.15, 0.2) is 11.5 Å². The van der Waals surface area contributed by atoms with Crippen molar-refractivity contribution in [2.24, 2.45) is 0 Å². The Labute approximate surface area is 175 Å². The van der Waals surface area contributed by atoms with E-state index in [1.807, 2.05) is 0 Å². The molecule has 0 bridgehead atoms. The molecule has 0 saturated carbocycles. The summed E-state index contributed by atoms with van der Waals surface area (Å²) in [6.07, 6.45) is 0. The molecule has 2 heterocycles. The minimum atomic E-state index is -0.639. The number of anilines is 1. The number of nitrogens with one attached hydrogen (secondary N) is 1. The van der Waals surface area contributed by atoms with Crippen LogP contribution in [0.5, 0.6) is 0 Å². The van der Waals surface area contributed by atoms with Crippen LogP contribution in [0, 0.1) is 18.6 Å². The zero-order valence-electron chi connectivity index (χ0n) is 14.7. The molecule has 0 aliphatic heterocycles. The molecule has 0 saturated heterocycles. The molecule has 7 nitrogen and oxygen atoms in total. The SMILES string of the molecule is Cc1c(-c2nsc(NC(=O)c3ccc(Br)cc3)n2)nnn1-c1cc(F)ccc1F. The van der Waals surface area contributed by atoms with Crippen LogP contribution in [0.2, 0.25) is 0 Å². The Morgan fingerprint density at radius 1 is 1.17 bits per heavy atom. The van der Waals surface area contributed by atoms with Crippen molar-refractivity contribution < 1.29 is 13.6 Å². The summed E-state index contributed by atoms with van der Waals surface area (Å²) in [7, 11) is 0. The van der Waals surface area contributed by atoms with Gasteiger partial charge in [-0.25, -0.2) is 13.5 Å². The van der Waals surface area contributed by atoms with Crippen LogP contribution in [0.4, 0.5) is 13.9 Å². The maximum atomic E-state index is 14.0. The van der Waals surface area contributed by atoms with Crippen LogP contribution in [0.25, 0.3) is 17.2 Å². The zero-order valence-corrected chi connectivity index (χ0v) is 17.1. The summed E-state index contributed by atoms with van der Waals surface area (Å²) >= 11 is 4.29. The molecule has 146 valence electrons. The second-order valence-electron chi connectivity index (χ2n) is 5.92. The van der Waals surface area contributed by atoms with Crippen LogP contribution in [0.3, 0.4) is 0 Å². The summed E-state index contributed by atoms with van der Waals surface area (Å²) in [6.45, 7) is 1.64. The number of carbonyl (C=O) groups excluding carboxylic acids is 1. The van der Waals surface area contributed by atoms with Gasteiger partial charge in [-0.05, 0) is 43.3 Å². The van der Waals surface area contributed by atoms with Crippen molar-refractivity contribution in [1.29, 1.82) is 0 Å². The molecule has 2 aromatic heterocycles. The molecule has 0 aliphatic carbocycles. The molecule has 0 aliphatic rings. The van der Waals surface area contributed by atoms with Crippen molar-refractivity contribution in [3.63, 3.8) is 0 Å². The van der Waals surface area contributed by atoms with Crippen LogP contribution in [-0.4, -0.2) is 30.3 Å². The van der Waals surface area contributed by atoms with E-state index in [1.165, 1.54) is 4.68 Å². The van der Waals surface area contributed by atoms with Crippen LogP contribution in [-0.2, 0) is 0 Å². The third kappa shape index (κ3) is 3.91. The van der Waals surface area contributed by atoms with Gasteiger partial charge in [0.25, 0.3) is 5.91 Å². The van der Waals surface area contributed by atoms with E-state index >= 15 is 0 Å². The van der Waals surface area contributed by atoms with Gasteiger partial charge in [-0.1, -0.05) is 21.1 Å². The topological polar surface area (TPSA) is 85.6 Å². The maximum Gasteiger partial charge on any atom is 0.257 e. The highest BCUT2D eigenvalue weighted by molar-refractivity contribution is 9.10. The molecule has 0 atom stereocenters. The number of halogens is 3. The minimum absolute atomic E-state index is 0.0692. The normalized spacial score (nSPS) is 10.9. The van der Waals surface area contributed by atoms with Crippen LogP contribution in [0.15, 0.2) is 46.9 Å². The van der Waals surface area contributed by atoms with E-state index in [1.54, 1.807) is 31.2 Å². The first-order valence-corrected chi connectivity index (χ1v) is 9.78. The van der Waals surface area contributed by atoms with E-state index in [-0.39, 0.29) is 22.6 Å². The highest BCUT2D eigenvalue weighted by Gasteiger charge is 2.19. The number of hydrogen-bond donors (Lipinski definition) is 1. The Bertz CT molecular complexity index is 1210. The monoisotopic (exact) mass is 476 g/mol. The molecule has 1 N–H and O–H groups in total. The average molecular weight is 477 g/mol. The highest BCUT2D eigenvalue weighted by Crippen LogP contribution is 2.25. The number of nitrogens with zero attached hydrogens (tertiary/aromatic N) is 5. The van der Waals surface area contributed by atoms with Crippen molar-refractivity contribution in [2.75, 3.05) is 5.32 Å². The summed E-state index contributed by atoms with van der Waals surface area (Å²) in [4.78, 5) is 16.6. The van der Waals surface area contributed by atoms with Gasteiger partial charge in [-0.3, -0.25) is 10.1 Å². The van der Waals surface area contributed by atoms with Crippen molar-refractivity contribution in [2.45, 2.75) is 6.92 Å². The molecule has 4 aromatic rings. The van der Waals surface area contributed by atoms with Crippen LogP contribution in [0.1, 0.15) is 16.1 Å². The van der Waals surface area contributed by atoms with Gasteiger partial charge in [-0.2, -0.15) is 9.36 Å². The van der Waals surface area contributed by atoms with E-state index in [9.17, 15) is 13.6 Å². The Hall–Kier alpha value is -3.05. The Kier molecular flexibility index (Phi) is 5.16. The summed E-state index contributed by atoms with van der Waals surface area (Å²) < 4.78 is 33.7. The molecule has 0 radical (unpaired) electrons. The number of benzene rings is 2. The number of hydrogen-bond acceptors (Lipinski definition) is 6. The molecule has 0 spiro atoms. The fourth-order valence-electron chi connectivity index (χ4n) is 2.55. The molecular weight excluding hydrogens is 466 g/mol. The van der Waals surface area contributed by atoms with E-state index in [0.29, 0.717) is 17.0 Å². The second kappa shape index (κ2) is 7.76. The quantitative estimate of drug-likeness (QED) is 0.472. The highest BCUT2D eigenvalue weighted by atomic mass is 79.9. The maximum absolute atomic E-state index is 14.0. The van der Waals surface area contributed by atoms with Crippen molar-refractivity contribution in [1.82, 2.24) is 24.4 Å². The van der Waals surface area contributed by atoms with Crippen LogP contribution < -0.4 is 5.32 Å².